The molecule has 118 valence electrons. The minimum Gasteiger partial charge on any atom is -0.299 e. The Bertz CT molecular complexity index is 655. The van der Waals surface area contributed by atoms with Gasteiger partial charge in [-0.3, -0.25) is 9.69 Å². The molecule has 1 fully saturated rings. The molecule has 0 bridgehead atoms. The normalized spacial score (nSPS) is 16.3. The molecule has 1 saturated heterocycles. The van der Waals surface area contributed by atoms with Crippen LogP contribution in [-0.2, 0) is 0 Å². The molecule has 0 aromatic heterocycles. The lowest BCUT2D eigenvalue weighted by Crippen LogP contribution is -2.31. The number of nitrogens with zero attached hydrogens (tertiary/aromatic N) is 1. The smallest absolute Gasteiger partial charge is 0.186 e. The van der Waals surface area contributed by atoms with Gasteiger partial charge in [-0.15, -0.1) is 0 Å². The molecule has 23 heavy (non-hydrogen) atoms. The topological polar surface area (TPSA) is 20.3 Å². The van der Waals surface area contributed by atoms with Gasteiger partial charge in [-0.1, -0.05) is 67.1 Å². The van der Waals surface area contributed by atoms with E-state index < -0.39 is 0 Å². The zero-order chi connectivity index (χ0) is 15.9. The number of piperidine rings is 1. The molecule has 3 rings (SSSR count). The van der Waals surface area contributed by atoms with E-state index in [1.54, 1.807) is 0 Å². The molecule has 2 heteroatoms. The summed E-state index contributed by atoms with van der Waals surface area (Å²) in [5, 5.41) is 0. The molecule has 0 amide bonds. The van der Waals surface area contributed by atoms with Crippen molar-refractivity contribution in [3.05, 3.63) is 77.9 Å². The quantitative estimate of drug-likeness (QED) is 0.601. The molecule has 0 spiro atoms. The van der Waals surface area contributed by atoms with Crippen molar-refractivity contribution in [2.45, 2.75) is 19.3 Å². The predicted molar refractivity (Wildman–Crippen MR) is 95.5 cm³/mol. The number of ketones is 1. The standard InChI is InChI=1S/C21H23NO/c23-21(19-12-6-2-7-13-19)16-20(18-10-4-1-5-11-18)17-22-14-8-3-9-15-22/h1-2,4-7,10-13,16H,3,8-9,14-15,17H2/b20-16+. The van der Waals surface area contributed by atoms with Crippen LogP contribution in [0.15, 0.2) is 66.7 Å². The van der Waals surface area contributed by atoms with E-state index >= 15 is 0 Å². The molecule has 1 heterocycles. The zero-order valence-corrected chi connectivity index (χ0v) is 13.4. The SMILES string of the molecule is O=C(/C=C(\CN1CCCCC1)c1ccccc1)c1ccccc1. The number of allylic oxidation sites excluding steroid dienone is 1. The maximum atomic E-state index is 12.6. The van der Waals surface area contributed by atoms with Gasteiger partial charge in [-0.05, 0) is 43.1 Å². The summed E-state index contributed by atoms with van der Waals surface area (Å²) in [6.07, 6.45) is 5.66. The molecular weight excluding hydrogens is 282 g/mol. The summed E-state index contributed by atoms with van der Waals surface area (Å²) in [6, 6.07) is 19.8. The van der Waals surface area contributed by atoms with Gasteiger partial charge in [-0.2, -0.15) is 0 Å². The first kappa shape index (κ1) is 15.7. The minimum atomic E-state index is 0.0847. The highest BCUT2D eigenvalue weighted by atomic mass is 16.1. The fourth-order valence-electron chi connectivity index (χ4n) is 3.07. The van der Waals surface area contributed by atoms with Gasteiger partial charge >= 0.3 is 0 Å². The van der Waals surface area contributed by atoms with Crippen molar-refractivity contribution < 1.29 is 4.79 Å². The molecule has 2 aromatic rings. The lowest BCUT2D eigenvalue weighted by molar-refractivity contribution is 0.104. The van der Waals surface area contributed by atoms with Crippen molar-refractivity contribution in [1.29, 1.82) is 0 Å². The molecule has 2 nitrogen and oxygen atoms in total. The van der Waals surface area contributed by atoms with Crippen molar-refractivity contribution in [3.8, 4) is 0 Å². The first-order chi connectivity index (χ1) is 11.3. The van der Waals surface area contributed by atoms with Gasteiger partial charge in [0.2, 0.25) is 0 Å². The number of benzene rings is 2. The van der Waals surface area contributed by atoms with E-state index in [1.165, 1.54) is 19.3 Å². The van der Waals surface area contributed by atoms with Crippen molar-refractivity contribution in [2.75, 3.05) is 19.6 Å². The Morgan fingerprint density at radius 3 is 2.00 bits per heavy atom. The summed E-state index contributed by atoms with van der Waals surface area (Å²) in [5.41, 5.74) is 3.00. The lowest BCUT2D eigenvalue weighted by Gasteiger charge is -2.27. The summed E-state index contributed by atoms with van der Waals surface area (Å²) in [4.78, 5) is 15.0. The maximum absolute atomic E-state index is 12.6. The fraction of sp³-hybridized carbons (Fsp3) is 0.286. The van der Waals surface area contributed by atoms with E-state index in [4.69, 9.17) is 0 Å². The van der Waals surface area contributed by atoms with Crippen LogP contribution in [-0.4, -0.2) is 30.3 Å². The highest BCUT2D eigenvalue weighted by Crippen LogP contribution is 2.19. The van der Waals surface area contributed by atoms with Crippen LogP contribution in [0, 0.1) is 0 Å². The first-order valence-corrected chi connectivity index (χ1v) is 8.41. The molecule has 0 unspecified atom stereocenters. The van der Waals surface area contributed by atoms with Gasteiger partial charge in [0, 0.05) is 12.1 Å². The third-order valence-corrected chi connectivity index (χ3v) is 4.35. The van der Waals surface area contributed by atoms with Gasteiger partial charge in [0.25, 0.3) is 0 Å². The second-order valence-corrected chi connectivity index (χ2v) is 6.10. The Labute approximate surface area is 138 Å². The van der Waals surface area contributed by atoms with E-state index in [0.29, 0.717) is 0 Å². The van der Waals surface area contributed by atoms with Crippen LogP contribution in [0.25, 0.3) is 5.57 Å². The zero-order valence-electron chi connectivity index (χ0n) is 13.4. The van der Waals surface area contributed by atoms with Gasteiger partial charge in [0.15, 0.2) is 5.78 Å². The summed E-state index contributed by atoms with van der Waals surface area (Å²) in [5.74, 6) is 0.0847. The van der Waals surface area contributed by atoms with E-state index in [2.05, 4.69) is 17.0 Å². The number of rotatable bonds is 5. The van der Waals surface area contributed by atoms with E-state index in [-0.39, 0.29) is 5.78 Å². The molecule has 0 saturated carbocycles. The number of hydrogen-bond donors (Lipinski definition) is 0. The number of likely N-dealkylation sites (tertiary alicyclic amines) is 1. The Morgan fingerprint density at radius 2 is 1.39 bits per heavy atom. The third-order valence-electron chi connectivity index (χ3n) is 4.35. The average Bonchev–Trinajstić information content (AvgIpc) is 2.63. The Morgan fingerprint density at radius 1 is 0.826 bits per heavy atom. The van der Waals surface area contributed by atoms with E-state index in [0.717, 1.165) is 36.3 Å². The lowest BCUT2D eigenvalue weighted by atomic mass is 10.0. The molecule has 1 aliphatic heterocycles. The van der Waals surface area contributed by atoms with Crippen molar-refractivity contribution >= 4 is 11.4 Å². The molecular formula is C21H23NO. The van der Waals surface area contributed by atoms with Gasteiger partial charge in [-0.25, -0.2) is 0 Å². The molecule has 0 radical (unpaired) electrons. The Balaban J connectivity index is 1.85. The molecule has 2 aromatic carbocycles. The van der Waals surface area contributed by atoms with Crippen LogP contribution < -0.4 is 0 Å². The summed E-state index contributed by atoms with van der Waals surface area (Å²) < 4.78 is 0. The van der Waals surface area contributed by atoms with Crippen LogP contribution in [0.1, 0.15) is 35.2 Å². The molecule has 0 aliphatic carbocycles. The van der Waals surface area contributed by atoms with Crippen molar-refractivity contribution in [1.82, 2.24) is 4.90 Å². The van der Waals surface area contributed by atoms with Gasteiger partial charge in [0.05, 0.1) is 0 Å². The monoisotopic (exact) mass is 305 g/mol. The maximum Gasteiger partial charge on any atom is 0.186 e. The highest BCUT2D eigenvalue weighted by Gasteiger charge is 2.14. The van der Waals surface area contributed by atoms with Crippen LogP contribution in [0.3, 0.4) is 0 Å². The third kappa shape index (κ3) is 4.40. The Kier molecular flexibility index (Phi) is 5.38. The van der Waals surface area contributed by atoms with Crippen molar-refractivity contribution in [3.63, 3.8) is 0 Å². The summed E-state index contributed by atoms with van der Waals surface area (Å²) >= 11 is 0. The molecule has 1 aliphatic rings. The summed E-state index contributed by atoms with van der Waals surface area (Å²) in [6.45, 7) is 3.11. The number of hydrogen-bond acceptors (Lipinski definition) is 2. The predicted octanol–water partition coefficient (Wildman–Crippen LogP) is 4.44. The second-order valence-electron chi connectivity index (χ2n) is 6.10. The molecule has 0 N–H and O–H groups in total. The molecule has 0 atom stereocenters. The first-order valence-electron chi connectivity index (χ1n) is 8.41. The number of carbonyl (C=O) groups is 1. The average molecular weight is 305 g/mol. The van der Waals surface area contributed by atoms with Crippen LogP contribution in [0.2, 0.25) is 0 Å². The fourth-order valence-corrected chi connectivity index (χ4v) is 3.07. The van der Waals surface area contributed by atoms with Crippen LogP contribution in [0.5, 0.6) is 0 Å². The Hall–Kier alpha value is -2.19. The van der Waals surface area contributed by atoms with E-state index in [1.807, 2.05) is 54.6 Å². The summed E-state index contributed by atoms with van der Waals surface area (Å²) in [7, 11) is 0. The van der Waals surface area contributed by atoms with Gasteiger partial charge in [0.1, 0.15) is 0 Å². The second kappa shape index (κ2) is 7.89. The van der Waals surface area contributed by atoms with Crippen molar-refractivity contribution in [2.24, 2.45) is 0 Å². The van der Waals surface area contributed by atoms with Crippen LogP contribution >= 0.6 is 0 Å². The number of carbonyl (C=O) groups excluding carboxylic acids is 1. The van der Waals surface area contributed by atoms with Gasteiger partial charge < -0.3 is 0 Å². The minimum absolute atomic E-state index is 0.0847. The highest BCUT2D eigenvalue weighted by molar-refractivity contribution is 6.08. The van der Waals surface area contributed by atoms with E-state index in [9.17, 15) is 4.79 Å². The largest absolute Gasteiger partial charge is 0.299 e. The van der Waals surface area contributed by atoms with Crippen LogP contribution in [0.4, 0.5) is 0 Å².